The first-order valence-electron chi connectivity index (χ1n) is 5.09. The van der Waals surface area contributed by atoms with Crippen LogP contribution in [-0.4, -0.2) is 10.9 Å². The molecule has 1 aromatic carbocycles. The van der Waals surface area contributed by atoms with Gasteiger partial charge in [0.05, 0.1) is 0 Å². The zero-order chi connectivity index (χ0) is 15.0. The Bertz CT molecular complexity index is 669. The molecule has 0 fully saturated rings. The van der Waals surface area contributed by atoms with E-state index in [1.807, 2.05) is 0 Å². The van der Waals surface area contributed by atoms with Crippen molar-refractivity contribution in [1.82, 2.24) is 4.98 Å². The van der Waals surface area contributed by atoms with Crippen LogP contribution in [-0.2, 0) is 0 Å². The van der Waals surface area contributed by atoms with E-state index in [4.69, 9.17) is 5.73 Å². The standard InChI is InChI=1S/C11H6F5N3O/c12-5-6(13)8(15)10(9(16)7(5)14)19-11(20)4-1-3(17)2-18-4/h1-2,18H,17H2,(H,19,20). The fourth-order valence-electron chi connectivity index (χ4n) is 1.44. The van der Waals surface area contributed by atoms with Gasteiger partial charge in [-0.2, -0.15) is 0 Å². The molecule has 0 spiro atoms. The van der Waals surface area contributed by atoms with Crippen molar-refractivity contribution >= 4 is 17.3 Å². The number of nitrogens with one attached hydrogen (secondary N) is 2. The number of anilines is 2. The summed E-state index contributed by atoms with van der Waals surface area (Å²) in [6, 6.07) is 1.13. The van der Waals surface area contributed by atoms with E-state index in [9.17, 15) is 26.7 Å². The highest BCUT2D eigenvalue weighted by molar-refractivity contribution is 6.03. The third kappa shape index (κ3) is 2.17. The van der Waals surface area contributed by atoms with Crippen molar-refractivity contribution in [3.8, 4) is 0 Å². The maximum Gasteiger partial charge on any atom is 0.272 e. The molecule has 0 aliphatic rings. The highest BCUT2D eigenvalue weighted by Crippen LogP contribution is 2.27. The maximum atomic E-state index is 13.3. The molecule has 0 unspecified atom stereocenters. The van der Waals surface area contributed by atoms with Gasteiger partial charge in [-0.25, -0.2) is 22.0 Å². The van der Waals surface area contributed by atoms with Crippen LogP contribution in [0.15, 0.2) is 12.3 Å². The van der Waals surface area contributed by atoms with Crippen molar-refractivity contribution in [2.75, 3.05) is 11.1 Å². The first-order valence-corrected chi connectivity index (χ1v) is 5.09. The molecule has 0 aliphatic carbocycles. The van der Waals surface area contributed by atoms with Gasteiger partial charge in [-0.05, 0) is 6.07 Å². The smallest absolute Gasteiger partial charge is 0.272 e. The quantitative estimate of drug-likeness (QED) is 0.452. The Balaban J connectivity index is 2.42. The van der Waals surface area contributed by atoms with Crippen molar-refractivity contribution in [2.45, 2.75) is 0 Å². The lowest BCUT2D eigenvalue weighted by Crippen LogP contribution is -2.17. The number of aromatic nitrogens is 1. The van der Waals surface area contributed by atoms with Crippen LogP contribution >= 0.6 is 0 Å². The molecule has 1 heterocycles. The van der Waals surface area contributed by atoms with Crippen LogP contribution in [0.25, 0.3) is 0 Å². The Morgan fingerprint density at radius 3 is 1.95 bits per heavy atom. The predicted molar refractivity (Wildman–Crippen MR) is 59.4 cm³/mol. The summed E-state index contributed by atoms with van der Waals surface area (Å²) in [5, 5.41) is 1.59. The summed E-state index contributed by atoms with van der Waals surface area (Å²) in [7, 11) is 0. The van der Waals surface area contributed by atoms with Gasteiger partial charge >= 0.3 is 0 Å². The SMILES string of the molecule is Nc1c[nH]c(C(=O)Nc2c(F)c(F)c(F)c(F)c2F)c1. The molecule has 4 N–H and O–H groups in total. The summed E-state index contributed by atoms with van der Waals surface area (Å²) in [6.07, 6.45) is 1.22. The lowest BCUT2D eigenvalue weighted by Gasteiger charge is -2.09. The topological polar surface area (TPSA) is 70.9 Å². The lowest BCUT2D eigenvalue weighted by molar-refractivity contribution is 0.102. The minimum atomic E-state index is -2.30. The maximum absolute atomic E-state index is 13.3. The van der Waals surface area contributed by atoms with Crippen LogP contribution in [0.4, 0.5) is 33.3 Å². The molecule has 0 atom stereocenters. The Morgan fingerprint density at radius 2 is 1.50 bits per heavy atom. The summed E-state index contributed by atoms with van der Waals surface area (Å²) in [5.74, 6) is -12.0. The van der Waals surface area contributed by atoms with E-state index in [-0.39, 0.29) is 11.4 Å². The number of nitrogens with two attached hydrogens (primary N) is 1. The van der Waals surface area contributed by atoms with E-state index in [2.05, 4.69) is 4.98 Å². The van der Waals surface area contributed by atoms with Crippen molar-refractivity contribution < 1.29 is 26.7 Å². The van der Waals surface area contributed by atoms with Crippen LogP contribution in [0, 0.1) is 29.1 Å². The lowest BCUT2D eigenvalue weighted by atomic mass is 10.2. The zero-order valence-corrected chi connectivity index (χ0v) is 9.53. The Labute approximate surface area is 108 Å². The van der Waals surface area contributed by atoms with E-state index in [0.717, 1.165) is 6.07 Å². The molecule has 0 aliphatic heterocycles. The second kappa shape index (κ2) is 4.83. The second-order valence-electron chi connectivity index (χ2n) is 3.75. The van der Waals surface area contributed by atoms with Gasteiger partial charge in [0.25, 0.3) is 5.91 Å². The van der Waals surface area contributed by atoms with Crippen molar-refractivity contribution in [3.05, 3.63) is 47.0 Å². The van der Waals surface area contributed by atoms with Crippen molar-refractivity contribution in [3.63, 3.8) is 0 Å². The molecule has 0 saturated carbocycles. The minimum Gasteiger partial charge on any atom is -0.397 e. The molecule has 20 heavy (non-hydrogen) atoms. The summed E-state index contributed by atoms with van der Waals surface area (Å²) in [4.78, 5) is 13.9. The highest BCUT2D eigenvalue weighted by Gasteiger charge is 2.27. The molecular formula is C11H6F5N3O. The van der Waals surface area contributed by atoms with Crippen LogP contribution < -0.4 is 11.1 Å². The number of halogens is 5. The number of carbonyl (C=O) groups excluding carboxylic acids is 1. The summed E-state index contributed by atoms with van der Waals surface area (Å²) in [6.45, 7) is 0. The molecular weight excluding hydrogens is 285 g/mol. The number of aromatic amines is 1. The third-order valence-corrected chi connectivity index (χ3v) is 2.40. The molecule has 1 aromatic heterocycles. The molecule has 4 nitrogen and oxygen atoms in total. The highest BCUT2D eigenvalue weighted by atomic mass is 19.2. The van der Waals surface area contributed by atoms with Crippen LogP contribution in [0.3, 0.4) is 0 Å². The molecule has 1 amide bonds. The van der Waals surface area contributed by atoms with E-state index in [1.165, 1.54) is 6.20 Å². The van der Waals surface area contributed by atoms with Crippen LogP contribution in [0.2, 0.25) is 0 Å². The number of amides is 1. The Hall–Kier alpha value is -2.58. The predicted octanol–water partition coefficient (Wildman–Crippen LogP) is 2.54. The van der Waals surface area contributed by atoms with E-state index in [1.54, 1.807) is 5.32 Å². The first kappa shape index (κ1) is 13.8. The number of hydrogen-bond donors (Lipinski definition) is 3. The normalized spacial score (nSPS) is 10.7. The van der Waals surface area contributed by atoms with Gasteiger partial charge in [-0.1, -0.05) is 0 Å². The van der Waals surface area contributed by atoms with Gasteiger partial charge in [0.2, 0.25) is 5.82 Å². The summed E-state index contributed by atoms with van der Waals surface area (Å²) < 4.78 is 65.3. The number of hydrogen-bond acceptors (Lipinski definition) is 2. The first-order chi connectivity index (χ1) is 9.32. The minimum absolute atomic E-state index is 0.160. The zero-order valence-electron chi connectivity index (χ0n) is 9.53. The van der Waals surface area contributed by atoms with Gasteiger partial charge < -0.3 is 16.0 Å². The average Bonchev–Trinajstić information content (AvgIpc) is 2.85. The number of nitrogen functional groups attached to an aromatic ring is 1. The van der Waals surface area contributed by atoms with Gasteiger partial charge in [-0.15, -0.1) is 0 Å². The van der Waals surface area contributed by atoms with Gasteiger partial charge in [0.15, 0.2) is 23.3 Å². The number of H-pyrrole nitrogens is 1. The van der Waals surface area contributed by atoms with E-state index < -0.39 is 40.7 Å². The van der Waals surface area contributed by atoms with Crippen molar-refractivity contribution in [2.24, 2.45) is 0 Å². The molecule has 0 bridgehead atoms. The Morgan fingerprint density at radius 1 is 1.00 bits per heavy atom. The number of rotatable bonds is 2. The molecule has 0 radical (unpaired) electrons. The number of carbonyl (C=O) groups is 1. The largest absolute Gasteiger partial charge is 0.397 e. The molecule has 9 heteroatoms. The van der Waals surface area contributed by atoms with Crippen LogP contribution in [0.5, 0.6) is 0 Å². The second-order valence-corrected chi connectivity index (χ2v) is 3.75. The average molecular weight is 291 g/mol. The summed E-state index contributed by atoms with van der Waals surface area (Å²) >= 11 is 0. The molecule has 2 rings (SSSR count). The molecule has 106 valence electrons. The van der Waals surface area contributed by atoms with Gasteiger partial charge in [-0.3, -0.25) is 4.79 Å². The fraction of sp³-hybridized carbons (Fsp3) is 0. The fourth-order valence-corrected chi connectivity index (χ4v) is 1.44. The number of benzene rings is 1. The molecule has 2 aromatic rings. The molecule has 0 saturated heterocycles. The van der Waals surface area contributed by atoms with E-state index in [0.29, 0.717) is 0 Å². The Kier molecular flexibility index (Phi) is 3.35. The monoisotopic (exact) mass is 291 g/mol. The third-order valence-electron chi connectivity index (χ3n) is 2.40. The van der Waals surface area contributed by atoms with Crippen LogP contribution in [0.1, 0.15) is 10.5 Å². The summed E-state index contributed by atoms with van der Waals surface area (Å²) in [5.41, 5.74) is 3.84. The van der Waals surface area contributed by atoms with Gasteiger partial charge in [0.1, 0.15) is 11.4 Å². The van der Waals surface area contributed by atoms with Crippen molar-refractivity contribution in [1.29, 1.82) is 0 Å². The van der Waals surface area contributed by atoms with E-state index >= 15 is 0 Å². The van der Waals surface area contributed by atoms with Gasteiger partial charge in [0, 0.05) is 11.9 Å².